The predicted octanol–water partition coefficient (Wildman–Crippen LogP) is 1.75. The van der Waals surface area contributed by atoms with Gasteiger partial charge in [0.15, 0.2) is 0 Å². The van der Waals surface area contributed by atoms with Crippen LogP contribution in [0.3, 0.4) is 0 Å². The Morgan fingerprint density at radius 3 is 3.06 bits per heavy atom. The molecule has 1 aromatic rings. The van der Waals surface area contributed by atoms with Crippen LogP contribution in [-0.4, -0.2) is 37.2 Å². The molecule has 0 fully saturated rings. The minimum absolute atomic E-state index is 0.00214. The highest BCUT2D eigenvalue weighted by molar-refractivity contribution is 5.77. The smallest absolute Gasteiger partial charge is 0.248 e. The van der Waals surface area contributed by atoms with E-state index in [1.807, 2.05) is 26.0 Å². The molecule has 0 spiro atoms. The van der Waals surface area contributed by atoms with E-state index in [1.165, 1.54) is 12.7 Å². The molecular formula is C14H19NO3. The fourth-order valence-electron chi connectivity index (χ4n) is 2.19. The molecule has 0 radical (unpaired) electrons. The van der Waals surface area contributed by atoms with Gasteiger partial charge in [0.25, 0.3) is 0 Å². The minimum Gasteiger partial charge on any atom is -0.489 e. The quantitative estimate of drug-likeness (QED) is 0.801. The largest absolute Gasteiger partial charge is 0.489 e. The second-order valence-corrected chi connectivity index (χ2v) is 4.75. The summed E-state index contributed by atoms with van der Waals surface area (Å²) in [6.45, 7) is 5.31. The maximum Gasteiger partial charge on any atom is 0.248 e. The van der Waals surface area contributed by atoms with Crippen molar-refractivity contribution in [3.63, 3.8) is 0 Å². The summed E-state index contributed by atoms with van der Waals surface area (Å²) < 4.78 is 10.7. The molecule has 1 amide bonds. The molecule has 0 N–H and O–H groups in total. The summed E-state index contributed by atoms with van der Waals surface area (Å²) in [4.78, 5) is 13.7. The van der Waals surface area contributed by atoms with Gasteiger partial charge < -0.3 is 14.4 Å². The van der Waals surface area contributed by atoms with E-state index in [9.17, 15) is 4.79 Å². The number of nitrogens with zero attached hydrogens (tertiary/aromatic N) is 1. The molecule has 18 heavy (non-hydrogen) atoms. The number of amides is 1. The second-order valence-electron chi connectivity index (χ2n) is 4.75. The zero-order chi connectivity index (χ0) is 13.1. The molecule has 0 bridgehead atoms. The molecule has 1 aliphatic rings. The highest BCUT2D eigenvalue weighted by Gasteiger charge is 2.23. The Bertz CT molecular complexity index is 445. The third-order valence-electron chi connectivity index (χ3n) is 3.00. The Kier molecular flexibility index (Phi) is 3.87. The highest BCUT2D eigenvalue weighted by atomic mass is 16.5. The lowest BCUT2D eigenvalue weighted by molar-refractivity contribution is -0.136. The van der Waals surface area contributed by atoms with E-state index in [4.69, 9.17) is 9.47 Å². The molecule has 0 saturated heterocycles. The van der Waals surface area contributed by atoms with Crippen LogP contribution in [0.4, 0.5) is 0 Å². The lowest BCUT2D eigenvalue weighted by atomic mass is 10.1. The van der Waals surface area contributed by atoms with E-state index in [2.05, 4.69) is 6.07 Å². The Morgan fingerprint density at radius 2 is 2.33 bits per heavy atom. The van der Waals surface area contributed by atoms with E-state index < -0.39 is 0 Å². The molecule has 1 heterocycles. The van der Waals surface area contributed by atoms with Crippen LogP contribution in [-0.2, 0) is 16.1 Å². The SMILES string of the molecule is COCC(=O)N1Cc2cc(C)ccc2OC(C)C1. The lowest BCUT2D eigenvalue weighted by Gasteiger charge is -2.21. The number of hydrogen-bond donors (Lipinski definition) is 0. The van der Waals surface area contributed by atoms with Crippen molar-refractivity contribution < 1.29 is 14.3 Å². The molecule has 1 aromatic carbocycles. The van der Waals surface area contributed by atoms with Crippen LogP contribution in [0, 0.1) is 6.92 Å². The number of carbonyl (C=O) groups excluding carboxylic acids is 1. The fourth-order valence-corrected chi connectivity index (χ4v) is 2.19. The van der Waals surface area contributed by atoms with Crippen LogP contribution < -0.4 is 4.74 Å². The van der Waals surface area contributed by atoms with Crippen molar-refractivity contribution in [2.24, 2.45) is 0 Å². The van der Waals surface area contributed by atoms with Gasteiger partial charge in [0.1, 0.15) is 18.5 Å². The average Bonchev–Trinajstić information content (AvgIpc) is 2.47. The van der Waals surface area contributed by atoms with Crippen molar-refractivity contribution in [3.05, 3.63) is 29.3 Å². The van der Waals surface area contributed by atoms with E-state index in [0.717, 1.165) is 11.3 Å². The summed E-state index contributed by atoms with van der Waals surface area (Å²) in [6.07, 6.45) is -0.00485. The monoisotopic (exact) mass is 249 g/mol. The number of rotatable bonds is 2. The zero-order valence-electron chi connectivity index (χ0n) is 11.1. The van der Waals surface area contributed by atoms with E-state index in [-0.39, 0.29) is 18.6 Å². The van der Waals surface area contributed by atoms with Gasteiger partial charge in [0, 0.05) is 19.2 Å². The van der Waals surface area contributed by atoms with Crippen LogP contribution >= 0.6 is 0 Å². The normalized spacial score (nSPS) is 18.8. The van der Waals surface area contributed by atoms with Gasteiger partial charge in [-0.15, -0.1) is 0 Å². The van der Waals surface area contributed by atoms with Crippen LogP contribution in [0.1, 0.15) is 18.1 Å². The Hall–Kier alpha value is -1.55. The number of ether oxygens (including phenoxy) is 2. The first-order valence-electron chi connectivity index (χ1n) is 6.13. The number of aryl methyl sites for hydroxylation is 1. The minimum atomic E-state index is -0.00485. The summed E-state index contributed by atoms with van der Waals surface area (Å²) in [5.74, 6) is 0.878. The van der Waals surface area contributed by atoms with Gasteiger partial charge in [0.05, 0.1) is 6.54 Å². The molecular weight excluding hydrogens is 230 g/mol. The van der Waals surface area contributed by atoms with Crippen molar-refractivity contribution >= 4 is 5.91 Å². The first-order valence-corrected chi connectivity index (χ1v) is 6.13. The Labute approximate surface area is 107 Å². The predicted molar refractivity (Wildman–Crippen MR) is 68.6 cm³/mol. The summed E-state index contributed by atoms with van der Waals surface area (Å²) >= 11 is 0. The third kappa shape index (κ3) is 2.82. The first-order chi connectivity index (χ1) is 8.60. The lowest BCUT2D eigenvalue weighted by Crippen LogP contribution is -2.38. The third-order valence-corrected chi connectivity index (χ3v) is 3.00. The van der Waals surface area contributed by atoms with Gasteiger partial charge in [-0.25, -0.2) is 0 Å². The molecule has 0 aliphatic carbocycles. The van der Waals surface area contributed by atoms with Gasteiger partial charge in [0.2, 0.25) is 5.91 Å². The average molecular weight is 249 g/mol. The molecule has 4 heteroatoms. The number of benzene rings is 1. The van der Waals surface area contributed by atoms with Crippen molar-refractivity contribution in [2.75, 3.05) is 20.3 Å². The Morgan fingerprint density at radius 1 is 1.56 bits per heavy atom. The molecule has 0 saturated carbocycles. The van der Waals surface area contributed by atoms with Crippen molar-refractivity contribution in [1.82, 2.24) is 4.90 Å². The fraction of sp³-hybridized carbons (Fsp3) is 0.500. The number of hydrogen-bond acceptors (Lipinski definition) is 3. The molecule has 4 nitrogen and oxygen atoms in total. The number of carbonyl (C=O) groups is 1. The Balaban J connectivity index is 2.25. The van der Waals surface area contributed by atoms with Gasteiger partial charge >= 0.3 is 0 Å². The van der Waals surface area contributed by atoms with E-state index in [1.54, 1.807) is 4.90 Å². The van der Waals surface area contributed by atoms with Gasteiger partial charge in [-0.3, -0.25) is 4.79 Å². The second kappa shape index (κ2) is 5.40. The highest BCUT2D eigenvalue weighted by Crippen LogP contribution is 2.26. The number of fused-ring (bicyclic) bond motifs is 1. The van der Waals surface area contributed by atoms with Crippen LogP contribution in [0.25, 0.3) is 0 Å². The van der Waals surface area contributed by atoms with E-state index in [0.29, 0.717) is 13.1 Å². The maximum absolute atomic E-state index is 11.9. The molecule has 1 atom stereocenters. The van der Waals surface area contributed by atoms with Crippen LogP contribution in [0.2, 0.25) is 0 Å². The van der Waals surface area contributed by atoms with Gasteiger partial charge in [-0.2, -0.15) is 0 Å². The molecule has 1 unspecified atom stereocenters. The van der Waals surface area contributed by atoms with E-state index >= 15 is 0 Å². The summed E-state index contributed by atoms with van der Waals surface area (Å²) in [5.41, 5.74) is 2.23. The van der Waals surface area contributed by atoms with Crippen LogP contribution in [0.15, 0.2) is 18.2 Å². The molecule has 98 valence electrons. The molecule has 1 aliphatic heterocycles. The van der Waals surface area contributed by atoms with Crippen molar-refractivity contribution in [1.29, 1.82) is 0 Å². The van der Waals surface area contributed by atoms with Gasteiger partial charge in [-0.05, 0) is 19.9 Å². The van der Waals surface area contributed by atoms with Gasteiger partial charge in [-0.1, -0.05) is 17.7 Å². The standard InChI is InChI=1S/C14H19NO3/c1-10-4-5-13-12(6-10)8-15(7-11(2)18-13)14(16)9-17-3/h4-6,11H,7-9H2,1-3H3. The maximum atomic E-state index is 11.9. The topological polar surface area (TPSA) is 38.8 Å². The zero-order valence-corrected chi connectivity index (χ0v) is 11.1. The van der Waals surface area contributed by atoms with Crippen LogP contribution in [0.5, 0.6) is 5.75 Å². The summed E-state index contributed by atoms with van der Waals surface area (Å²) in [7, 11) is 1.54. The summed E-state index contributed by atoms with van der Waals surface area (Å²) in [5, 5.41) is 0. The van der Waals surface area contributed by atoms with Crippen molar-refractivity contribution in [3.8, 4) is 5.75 Å². The van der Waals surface area contributed by atoms with Crippen molar-refractivity contribution in [2.45, 2.75) is 26.5 Å². The molecule has 0 aromatic heterocycles. The first kappa shape index (κ1) is 12.9. The molecule has 2 rings (SSSR count). The number of methoxy groups -OCH3 is 1. The summed E-state index contributed by atoms with van der Waals surface area (Å²) in [6, 6.07) is 6.07.